The zero-order chi connectivity index (χ0) is 8.60. The normalized spacial score (nSPS) is 22.2. The van der Waals surface area contributed by atoms with Crippen molar-refractivity contribution in [1.29, 1.82) is 0 Å². The van der Waals surface area contributed by atoms with E-state index in [-0.39, 0.29) is 0 Å². The van der Waals surface area contributed by atoms with E-state index < -0.39 is 7.94 Å². The Kier molecular flexibility index (Phi) is 1.80. The zero-order valence-corrected chi connectivity index (χ0v) is 7.78. The van der Waals surface area contributed by atoms with Gasteiger partial charge in [-0.05, 0) is 0 Å². The minimum absolute atomic E-state index is 0.454. The maximum absolute atomic E-state index is 9.52. The van der Waals surface area contributed by atoms with Crippen molar-refractivity contribution in [3.8, 4) is 5.75 Å². The molecular weight excluding hydrogens is 175 g/mol. The van der Waals surface area contributed by atoms with Gasteiger partial charge in [-0.1, -0.05) is 0 Å². The molecule has 1 aliphatic heterocycles. The van der Waals surface area contributed by atoms with Gasteiger partial charge in [0, 0.05) is 0 Å². The van der Waals surface area contributed by atoms with Gasteiger partial charge in [-0.25, -0.2) is 0 Å². The second-order valence-electron chi connectivity index (χ2n) is 2.90. The van der Waals surface area contributed by atoms with Gasteiger partial charge in [0.2, 0.25) is 0 Å². The molecule has 1 aromatic carbocycles. The molecule has 0 atom stereocenters. The van der Waals surface area contributed by atoms with Crippen molar-refractivity contribution in [2.75, 3.05) is 6.66 Å². The summed E-state index contributed by atoms with van der Waals surface area (Å²) >= 11 is 0. The predicted molar refractivity (Wildman–Crippen MR) is 48.3 cm³/mol. The van der Waals surface area contributed by atoms with Crippen molar-refractivity contribution >= 4 is 7.94 Å². The van der Waals surface area contributed by atoms with E-state index in [1.165, 1.54) is 0 Å². The van der Waals surface area contributed by atoms with E-state index in [2.05, 4.69) is 0 Å². The van der Waals surface area contributed by atoms with Gasteiger partial charge in [-0.2, -0.15) is 0 Å². The molecule has 0 radical (unpaired) electrons. The molecule has 0 amide bonds. The van der Waals surface area contributed by atoms with Gasteiger partial charge in [0.05, 0.1) is 0 Å². The maximum atomic E-state index is 9.52. The summed E-state index contributed by atoms with van der Waals surface area (Å²) in [5, 5.41) is 0. The topological polar surface area (TPSA) is 38.7 Å². The van der Waals surface area contributed by atoms with Crippen molar-refractivity contribution in [3.63, 3.8) is 0 Å². The Labute approximate surface area is 71.5 Å². The van der Waals surface area contributed by atoms with Crippen LogP contribution >= 0.6 is 7.94 Å². The third-order valence-electron chi connectivity index (χ3n) is 1.77. The minimum atomic E-state index is -2.84. The second-order valence-corrected chi connectivity index (χ2v) is 5.18. The third kappa shape index (κ3) is 1.44. The van der Waals surface area contributed by atoms with Crippen LogP contribution in [0, 0.1) is 0 Å². The quantitative estimate of drug-likeness (QED) is 0.627. The van der Waals surface area contributed by atoms with Gasteiger partial charge in [-0.3, -0.25) is 0 Å². The van der Waals surface area contributed by atoms with E-state index in [1.54, 1.807) is 6.66 Å². The molecule has 1 aromatic rings. The molecule has 0 unspecified atom stereocenters. The third-order valence-corrected chi connectivity index (χ3v) is 3.05. The van der Waals surface area contributed by atoms with Crippen LogP contribution in [0.5, 0.6) is 5.75 Å². The van der Waals surface area contributed by atoms with Crippen LogP contribution in [0.25, 0.3) is 0 Å². The molecule has 0 bridgehead atoms. The van der Waals surface area contributed by atoms with E-state index in [1.807, 2.05) is 24.3 Å². The fourth-order valence-corrected chi connectivity index (χ4v) is 2.26. The van der Waals surface area contributed by atoms with Crippen molar-refractivity contribution in [2.24, 2.45) is 0 Å². The molecule has 1 aliphatic rings. The summed E-state index contributed by atoms with van der Waals surface area (Å²) in [5.41, 5.74) is 0.997. The van der Waals surface area contributed by atoms with E-state index in [9.17, 15) is 4.89 Å². The van der Waals surface area contributed by atoms with Crippen LogP contribution in [0.15, 0.2) is 24.3 Å². The summed E-state index contributed by atoms with van der Waals surface area (Å²) in [5.74, 6) is 0.750. The van der Waals surface area contributed by atoms with E-state index in [0.29, 0.717) is 6.61 Å². The first-order valence-corrected chi connectivity index (χ1v) is 6.07. The van der Waals surface area contributed by atoms with Crippen molar-refractivity contribution in [2.45, 2.75) is 6.61 Å². The molecule has 66 valence electrons. The zero-order valence-electron chi connectivity index (χ0n) is 6.78. The summed E-state index contributed by atoms with van der Waals surface area (Å²) in [6, 6.07) is 7.58. The Hall–Kier alpha value is -0.630. The predicted octanol–water partition coefficient (Wildman–Crippen LogP) is 1.71. The first kappa shape index (κ1) is 7.99. The van der Waals surface area contributed by atoms with Gasteiger partial charge >= 0.3 is 70.7 Å². The molecule has 1 N–H and O–H groups in total. The number of para-hydroxylation sites is 1. The number of hydrogen-bond acceptors (Lipinski definition) is 3. The summed E-state index contributed by atoms with van der Waals surface area (Å²) < 4.78 is 10.5. The molecule has 3 nitrogen and oxygen atoms in total. The molecule has 0 saturated heterocycles. The van der Waals surface area contributed by atoms with Gasteiger partial charge in [0.1, 0.15) is 0 Å². The first-order chi connectivity index (χ1) is 5.67. The van der Waals surface area contributed by atoms with Crippen molar-refractivity contribution < 1.29 is 13.9 Å². The van der Waals surface area contributed by atoms with Crippen LogP contribution in [0.3, 0.4) is 0 Å². The summed E-state index contributed by atoms with van der Waals surface area (Å²) in [7, 11) is -2.84. The van der Waals surface area contributed by atoms with E-state index in [0.717, 1.165) is 11.3 Å². The Morgan fingerprint density at radius 3 is 3.00 bits per heavy atom. The molecule has 2 rings (SSSR count). The number of benzene rings is 1. The Balaban J connectivity index is 2.35. The fourth-order valence-electron chi connectivity index (χ4n) is 1.17. The average Bonchev–Trinajstić information content (AvgIpc) is 2.02. The van der Waals surface area contributed by atoms with E-state index >= 15 is 0 Å². The molecule has 1 heterocycles. The molecule has 4 heteroatoms. The first-order valence-electron chi connectivity index (χ1n) is 3.81. The van der Waals surface area contributed by atoms with Crippen LogP contribution in [-0.4, -0.2) is 11.6 Å². The van der Waals surface area contributed by atoms with Gasteiger partial charge < -0.3 is 0 Å². The van der Waals surface area contributed by atoms with Gasteiger partial charge in [-0.15, -0.1) is 0 Å². The van der Waals surface area contributed by atoms with Crippen LogP contribution in [0.2, 0.25) is 0 Å². The van der Waals surface area contributed by atoms with Crippen molar-refractivity contribution in [1.82, 2.24) is 0 Å². The van der Waals surface area contributed by atoms with E-state index in [4.69, 9.17) is 9.05 Å². The Morgan fingerprint density at radius 2 is 2.17 bits per heavy atom. The molecule has 12 heavy (non-hydrogen) atoms. The molecule has 0 aliphatic carbocycles. The monoisotopic (exact) mass is 186 g/mol. The fraction of sp³-hybridized carbons (Fsp3) is 0.250. The van der Waals surface area contributed by atoms with Gasteiger partial charge in [0.15, 0.2) is 0 Å². The summed E-state index contributed by atoms with van der Waals surface area (Å²) in [6.45, 7) is 2.07. The molecule has 0 saturated carbocycles. The van der Waals surface area contributed by atoms with Crippen LogP contribution in [0.1, 0.15) is 5.56 Å². The second kappa shape index (κ2) is 2.70. The van der Waals surface area contributed by atoms with Crippen molar-refractivity contribution in [3.05, 3.63) is 29.8 Å². The Morgan fingerprint density at radius 1 is 1.42 bits per heavy atom. The number of hydrogen-bond donors (Lipinski definition) is 1. The van der Waals surface area contributed by atoms with Crippen LogP contribution in [-0.2, 0) is 11.1 Å². The average molecular weight is 186 g/mol. The number of fused-ring (bicyclic) bond motifs is 1. The summed E-state index contributed by atoms with van der Waals surface area (Å²) in [4.78, 5) is 9.52. The van der Waals surface area contributed by atoms with Crippen LogP contribution in [0.4, 0.5) is 0 Å². The standard InChI is InChI=1S/C8H11O3P/c1-12(9)10-6-7-4-2-3-5-8(7)11-12/h2-5,9,12H,6H2,1H3. The summed E-state index contributed by atoms with van der Waals surface area (Å²) in [6.07, 6.45) is 0. The molecule has 0 fully saturated rings. The van der Waals surface area contributed by atoms with Gasteiger partial charge in [0.25, 0.3) is 0 Å². The Bertz CT molecular complexity index is 298. The molecule has 0 spiro atoms. The van der Waals surface area contributed by atoms with Crippen LogP contribution < -0.4 is 4.52 Å². The number of rotatable bonds is 0. The molecular formula is C8H11O3P. The molecule has 0 aromatic heterocycles. The SMILES string of the molecule is C[PH]1(O)OCc2ccccc2O1.